The summed E-state index contributed by atoms with van der Waals surface area (Å²) in [5.74, 6) is 1.69. The monoisotopic (exact) mass is 419 g/mol. The Bertz CT molecular complexity index is 981. The van der Waals surface area contributed by atoms with Gasteiger partial charge in [0.15, 0.2) is 0 Å². The molecule has 0 radical (unpaired) electrons. The van der Waals surface area contributed by atoms with E-state index in [1.165, 1.54) is 16.0 Å². The summed E-state index contributed by atoms with van der Waals surface area (Å²) in [7, 11) is 1.67. The highest BCUT2D eigenvalue weighted by atomic mass is 32.2. The van der Waals surface area contributed by atoms with Gasteiger partial charge in [0.25, 0.3) is 5.91 Å². The molecule has 156 valence electrons. The Morgan fingerprint density at radius 2 is 1.70 bits per heavy atom. The molecule has 1 N–H and O–H groups in total. The van der Waals surface area contributed by atoms with Crippen LogP contribution in [0, 0.1) is 13.8 Å². The minimum absolute atomic E-state index is 0.0288. The summed E-state index contributed by atoms with van der Waals surface area (Å²) in [6.45, 7) is 6.19. The third kappa shape index (κ3) is 5.67. The zero-order valence-corrected chi connectivity index (χ0v) is 18.9. The molecule has 30 heavy (non-hydrogen) atoms. The van der Waals surface area contributed by atoms with Gasteiger partial charge in [-0.25, -0.2) is 0 Å². The molecule has 4 heteroatoms. The first-order valence-corrected chi connectivity index (χ1v) is 11.2. The van der Waals surface area contributed by atoms with Crippen LogP contribution in [0.2, 0.25) is 0 Å². The Labute approximate surface area is 183 Å². The van der Waals surface area contributed by atoms with E-state index in [2.05, 4.69) is 49.5 Å². The van der Waals surface area contributed by atoms with Crippen LogP contribution < -0.4 is 10.1 Å². The molecule has 1 atom stereocenters. The number of carbonyl (C=O) groups excluding carboxylic acids is 1. The Kier molecular flexibility index (Phi) is 7.58. The van der Waals surface area contributed by atoms with Crippen LogP contribution in [0.5, 0.6) is 5.75 Å². The lowest BCUT2D eigenvalue weighted by atomic mass is 10.0. The highest BCUT2D eigenvalue weighted by molar-refractivity contribution is 7.98. The van der Waals surface area contributed by atoms with E-state index in [9.17, 15) is 4.79 Å². The zero-order chi connectivity index (χ0) is 21.5. The standard InChI is InChI=1S/C26H29NO2S/c1-5-24(22-12-15-25(29-4)19(3)16-22)27-26(28)21-10-8-20(9-11-21)17-30-23-13-6-18(2)7-14-23/h6-16,24H,5,17H2,1-4H3,(H,27,28). The maximum Gasteiger partial charge on any atom is 0.251 e. The van der Waals surface area contributed by atoms with Gasteiger partial charge in [-0.2, -0.15) is 0 Å². The first kappa shape index (κ1) is 22.0. The first-order chi connectivity index (χ1) is 14.5. The van der Waals surface area contributed by atoms with Crippen LogP contribution in [0.3, 0.4) is 0 Å². The zero-order valence-electron chi connectivity index (χ0n) is 18.1. The molecule has 3 aromatic carbocycles. The lowest BCUT2D eigenvalue weighted by Crippen LogP contribution is -2.28. The highest BCUT2D eigenvalue weighted by Gasteiger charge is 2.15. The normalized spacial score (nSPS) is 11.7. The van der Waals surface area contributed by atoms with Crippen LogP contribution >= 0.6 is 11.8 Å². The van der Waals surface area contributed by atoms with Crippen molar-refractivity contribution in [2.24, 2.45) is 0 Å². The Morgan fingerprint density at radius 1 is 1.00 bits per heavy atom. The number of aryl methyl sites for hydroxylation is 2. The van der Waals surface area contributed by atoms with Crippen LogP contribution in [-0.2, 0) is 5.75 Å². The maximum absolute atomic E-state index is 12.8. The Morgan fingerprint density at radius 3 is 2.30 bits per heavy atom. The van der Waals surface area contributed by atoms with Crippen molar-refractivity contribution in [3.05, 3.63) is 94.5 Å². The molecule has 1 amide bonds. The Hall–Kier alpha value is -2.72. The molecule has 0 bridgehead atoms. The van der Waals surface area contributed by atoms with E-state index >= 15 is 0 Å². The summed E-state index contributed by atoms with van der Waals surface area (Å²) >= 11 is 1.80. The van der Waals surface area contributed by atoms with E-state index < -0.39 is 0 Å². The predicted molar refractivity (Wildman–Crippen MR) is 125 cm³/mol. The molecule has 3 aromatic rings. The fourth-order valence-electron chi connectivity index (χ4n) is 3.33. The van der Waals surface area contributed by atoms with Gasteiger partial charge in [-0.3, -0.25) is 4.79 Å². The molecule has 1 unspecified atom stereocenters. The van der Waals surface area contributed by atoms with E-state index in [1.807, 2.05) is 43.3 Å². The third-order valence-corrected chi connectivity index (χ3v) is 6.26. The molecule has 3 rings (SSSR count). The van der Waals surface area contributed by atoms with Gasteiger partial charge in [0.1, 0.15) is 5.75 Å². The molecule has 0 aliphatic rings. The van der Waals surface area contributed by atoms with E-state index in [0.717, 1.165) is 29.1 Å². The first-order valence-electron chi connectivity index (χ1n) is 10.2. The fraction of sp³-hybridized carbons (Fsp3) is 0.269. The summed E-state index contributed by atoms with van der Waals surface area (Å²) in [6.07, 6.45) is 0.822. The van der Waals surface area contributed by atoms with Crippen LogP contribution in [0.4, 0.5) is 0 Å². The number of ether oxygens (including phenoxy) is 1. The number of rotatable bonds is 8. The molecule has 3 nitrogen and oxygen atoms in total. The van der Waals surface area contributed by atoms with Crippen molar-refractivity contribution in [1.29, 1.82) is 0 Å². The van der Waals surface area contributed by atoms with E-state index in [4.69, 9.17) is 4.74 Å². The Balaban J connectivity index is 1.61. The van der Waals surface area contributed by atoms with Crippen LogP contribution in [0.1, 0.15) is 52.0 Å². The van der Waals surface area contributed by atoms with Crippen molar-refractivity contribution >= 4 is 17.7 Å². The van der Waals surface area contributed by atoms with E-state index in [0.29, 0.717) is 5.56 Å². The van der Waals surface area contributed by atoms with Crippen molar-refractivity contribution in [3.63, 3.8) is 0 Å². The van der Waals surface area contributed by atoms with Crippen LogP contribution in [0.15, 0.2) is 71.6 Å². The smallest absolute Gasteiger partial charge is 0.251 e. The van der Waals surface area contributed by atoms with Crippen molar-refractivity contribution in [2.75, 3.05) is 7.11 Å². The molecule has 0 aromatic heterocycles. The number of carbonyl (C=O) groups is 1. The summed E-state index contributed by atoms with van der Waals surface area (Å²) < 4.78 is 5.34. The van der Waals surface area contributed by atoms with Gasteiger partial charge in [-0.15, -0.1) is 11.8 Å². The van der Waals surface area contributed by atoms with Crippen molar-refractivity contribution in [1.82, 2.24) is 5.32 Å². The number of thioether (sulfide) groups is 1. The van der Waals surface area contributed by atoms with Crippen molar-refractivity contribution in [3.8, 4) is 5.75 Å². The molecular formula is C26H29NO2S. The molecule has 0 heterocycles. The van der Waals surface area contributed by atoms with Crippen LogP contribution in [-0.4, -0.2) is 13.0 Å². The molecule has 0 fully saturated rings. The molecule has 0 aliphatic heterocycles. The summed E-state index contributed by atoms with van der Waals surface area (Å²) in [5, 5.41) is 3.16. The number of methoxy groups -OCH3 is 1. The maximum atomic E-state index is 12.8. The number of nitrogens with one attached hydrogen (secondary N) is 1. The number of hydrogen-bond donors (Lipinski definition) is 1. The summed E-state index contributed by atoms with van der Waals surface area (Å²) in [6, 6.07) is 22.5. The SMILES string of the molecule is CCC(NC(=O)c1ccc(CSc2ccc(C)cc2)cc1)c1ccc(OC)c(C)c1. The molecular weight excluding hydrogens is 390 g/mol. The quantitative estimate of drug-likeness (QED) is 0.424. The van der Waals surface area contributed by atoms with Gasteiger partial charge < -0.3 is 10.1 Å². The largest absolute Gasteiger partial charge is 0.496 e. The lowest BCUT2D eigenvalue weighted by molar-refractivity contribution is 0.0935. The van der Waals surface area contributed by atoms with E-state index in [-0.39, 0.29) is 11.9 Å². The fourth-order valence-corrected chi connectivity index (χ4v) is 4.19. The van der Waals surface area contributed by atoms with Gasteiger partial charge in [0.05, 0.1) is 13.2 Å². The molecule has 0 saturated heterocycles. The number of benzene rings is 3. The molecule has 0 saturated carbocycles. The predicted octanol–water partition coefficient (Wildman–Crippen LogP) is 6.49. The van der Waals surface area contributed by atoms with E-state index in [1.54, 1.807) is 18.9 Å². The number of amides is 1. The van der Waals surface area contributed by atoms with Gasteiger partial charge in [0, 0.05) is 16.2 Å². The van der Waals surface area contributed by atoms with Crippen molar-refractivity contribution < 1.29 is 9.53 Å². The topological polar surface area (TPSA) is 38.3 Å². The molecule has 0 aliphatic carbocycles. The van der Waals surface area contributed by atoms with Crippen LogP contribution in [0.25, 0.3) is 0 Å². The summed E-state index contributed by atoms with van der Waals surface area (Å²) in [4.78, 5) is 14.0. The van der Waals surface area contributed by atoms with Crippen molar-refractivity contribution in [2.45, 2.75) is 43.9 Å². The third-order valence-electron chi connectivity index (χ3n) is 5.18. The van der Waals surface area contributed by atoms with Gasteiger partial charge in [-0.05, 0) is 67.3 Å². The minimum atomic E-state index is -0.0481. The second kappa shape index (κ2) is 10.4. The highest BCUT2D eigenvalue weighted by Crippen LogP contribution is 2.25. The summed E-state index contributed by atoms with van der Waals surface area (Å²) in [5.41, 5.74) is 5.32. The number of hydrogen-bond acceptors (Lipinski definition) is 3. The second-order valence-corrected chi connectivity index (χ2v) is 8.51. The lowest BCUT2D eigenvalue weighted by Gasteiger charge is -2.19. The van der Waals surface area contributed by atoms with Gasteiger partial charge >= 0.3 is 0 Å². The average molecular weight is 420 g/mol. The van der Waals surface area contributed by atoms with Gasteiger partial charge in [-0.1, -0.05) is 48.9 Å². The minimum Gasteiger partial charge on any atom is -0.496 e. The molecule has 0 spiro atoms. The van der Waals surface area contributed by atoms with Gasteiger partial charge in [0.2, 0.25) is 0 Å². The average Bonchev–Trinajstić information content (AvgIpc) is 2.77. The second-order valence-electron chi connectivity index (χ2n) is 7.46.